The largest absolute Gasteiger partial charge is 0.481 e. The molecule has 2 unspecified atom stereocenters. The van der Waals surface area contributed by atoms with Crippen molar-refractivity contribution in [2.75, 3.05) is 13.1 Å². The van der Waals surface area contributed by atoms with Crippen LogP contribution in [-0.4, -0.2) is 35.0 Å². The fourth-order valence-electron chi connectivity index (χ4n) is 3.71. The average Bonchev–Trinajstić information content (AvgIpc) is 2.46. The van der Waals surface area contributed by atoms with Gasteiger partial charge >= 0.3 is 5.97 Å². The number of piperidine rings is 1. The first kappa shape index (κ1) is 14.1. The van der Waals surface area contributed by atoms with Gasteiger partial charge in [-0.3, -0.25) is 9.59 Å². The molecule has 1 aliphatic carbocycles. The molecule has 2 atom stereocenters. The summed E-state index contributed by atoms with van der Waals surface area (Å²) in [6.45, 7) is 5.01. The summed E-state index contributed by atoms with van der Waals surface area (Å²) in [5.74, 6) is -0.0194. The lowest BCUT2D eigenvalue weighted by Gasteiger charge is -2.40. The van der Waals surface area contributed by atoms with E-state index in [1.54, 1.807) is 0 Å². The number of carbonyl (C=O) groups excluding carboxylic acids is 1. The van der Waals surface area contributed by atoms with E-state index < -0.39 is 5.97 Å². The van der Waals surface area contributed by atoms with Crippen LogP contribution in [0.15, 0.2) is 12.7 Å². The fraction of sp³-hybridized carbons (Fsp3) is 0.733. The minimum atomic E-state index is -0.630. The van der Waals surface area contributed by atoms with Crippen LogP contribution in [0.5, 0.6) is 0 Å². The first-order chi connectivity index (χ1) is 9.13. The van der Waals surface area contributed by atoms with Crippen molar-refractivity contribution in [3.05, 3.63) is 12.7 Å². The maximum atomic E-state index is 11.5. The van der Waals surface area contributed by atoms with E-state index in [1.165, 1.54) is 6.08 Å². The van der Waals surface area contributed by atoms with Crippen molar-refractivity contribution in [1.29, 1.82) is 0 Å². The lowest BCUT2D eigenvalue weighted by atomic mass is 9.69. The van der Waals surface area contributed by atoms with E-state index in [0.29, 0.717) is 11.8 Å². The molecule has 1 heterocycles. The molecule has 1 N–H and O–H groups in total. The van der Waals surface area contributed by atoms with Crippen LogP contribution in [-0.2, 0) is 9.59 Å². The molecule has 0 radical (unpaired) electrons. The topological polar surface area (TPSA) is 57.6 Å². The molecule has 1 saturated heterocycles. The molecule has 1 saturated carbocycles. The summed E-state index contributed by atoms with van der Waals surface area (Å²) in [6, 6.07) is 0. The van der Waals surface area contributed by atoms with E-state index in [4.69, 9.17) is 0 Å². The quantitative estimate of drug-likeness (QED) is 0.797. The van der Waals surface area contributed by atoms with Gasteiger partial charge in [0.2, 0.25) is 5.91 Å². The third-order valence-electron chi connectivity index (χ3n) is 4.77. The molecule has 0 aromatic carbocycles. The van der Waals surface area contributed by atoms with Crippen LogP contribution in [0.3, 0.4) is 0 Å². The van der Waals surface area contributed by atoms with Crippen molar-refractivity contribution < 1.29 is 14.7 Å². The van der Waals surface area contributed by atoms with Gasteiger partial charge in [0, 0.05) is 13.1 Å². The van der Waals surface area contributed by atoms with Crippen molar-refractivity contribution >= 4 is 11.9 Å². The number of amides is 1. The summed E-state index contributed by atoms with van der Waals surface area (Å²) in [5.41, 5.74) is 0. The second-order valence-electron chi connectivity index (χ2n) is 5.76. The molecule has 1 amide bonds. The molecular weight excluding hydrogens is 242 g/mol. The molecule has 2 fully saturated rings. The van der Waals surface area contributed by atoms with Crippen LogP contribution in [0.1, 0.15) is 38.5 Å². The molecule has 0 aromatic rings. The number of carboxylic acids is 1. The van der Waals surface area contributed by atoms with Gasteiger partial charge in [-0.05, 0) is 43.6 Å². The lowest BCUT2D eigenvalue weighted by Crippen LogP contribution is -2.42. The monoisotopic (exact) mass is 265 g/mol. The highest BCUT2D eigenvalue weighted by Crippen LogP contribution is 2.39. The number of carboxylic acid groups (broad SMARTS) is 1. The summed E-state index contributed by atoms with van der Waals surface area (Å²) in [5, 5.41) is 9.34. The first-order valence-corrected chi connectivity index (χ1v) is 7.27. The molecule has 4 nitrogen and oxygen atoms in total. The third-order valence-corrected chi connectivity index (χ3v) is 4.77. The van der Waals surface area contributed by atoms with Crippen LogP contribution < -0.4 is 0 Å². The van der Waals surface area contributed by atoms with E-state index in [-0.39, 0.29) is 11.8 Å². The molecule has 2 aliphatic rings. The van der Waals surface area contributed by atoms with Crippen molar-refractivity contribution in [2.45, 2.75) is 38.5 Å². The number of hydrogen-bond donors (Lipinski definition) is 1. The highest BCUT2D eigenvalue weighted by atomic mass is 16.4. The highest BCUT2D eigenvalue weighted by Gasteiger charge is 2.37. The first-order valence-electron chi connectivity index (χ1n) is 7.27. The van der Waals surface area contributed by atoms with Gasteiger partial charge in [0.05, 0.1) is 5.92 Å². The zero-order valence-corrected chi connectivity index (χ0v) is 11.4. The standard InChI is InChI=1S/C15H23NO3/c1-2-14(17)16-9-7-11(8-10-16)12-5-3-4-6-13(12)15(18)19/h2,11-13H,1,3-10H2,(H,18,19). The summed E-state index contributed by atoms with van der Waals surface area (Å²) in [6.07, 6.45) is 7.30. The average molecular weight is 265 g/mol. The molecule has 4 heteroatoms. The van der Waals surface area contributed by atoms with E-state index in [0.717, 1.165) is 51.6 Å². The summed E-state index contributed by atoms with van der Waals surface area (Å²) < 4.78 is 0. The van der Waals surface area contributed by atoms with Gasteiger partial charge in [-0.2, -0.15) is 0 Å². The number of nitrogens with zero attached hydrogens (tertiary/aromatic N) is 1. The molecule has 19 heavy (non-hydrogen) atoms. The molecule has 0 spiro atoms. The second kappa shape index (κ2) is 6.22. The second-order valence-corrected chi connectivity index (χ2v) is 5.76. The van der Waals surface area contributed by atoms with Crippen molar-refractivity contribution in [1.82, 2.24) is 4.90 Å². The van der Waals surface area contributed by atoms with Gasteiger partial charge in [0.1, 0.15) is 0 Å². The molecule has 106 valence electrons. The predicted molar refractivity (Wildman–Crippen MR) is 72.6 cm³/mol. The highest BCUT2D eigenvalue weighted by molar-refractivity contribution is 5.87. The van der Waals surface area contributed by atoms with Gasteiger partial charge in [0.15, 0.2) is 0 Å². The van der Waals surface area contributed by atoms with E-state index in [1.807, 2.05) is 4.90 Å². The molecular formula is C15H23NO3. The zero-order valence-electron chi connectivity index (χ0n) is 11.4. The number of likely N-dealkylation sites (tertiary alicyclic amines) is 1. The third kappa shape index (κ3) is 3.17. The van der Waals surface area contributed by atoms with Crippen LogP contribution in [0.4, 0.5) is 0 Å². The Morgan fingerprint density at radius 3 is 2.32 bits per heavy atom. The van der Waals surface area contributed by atoms with Crippen LogP contribution in [0.25, 0.3) is 0 Å². The fourth-order valence-corrected chi connectivity index (χ4v) is 3.71. The van der Waals surface area contributed by atoms with Crippen molar-refractivity contribution in [3.8, 4) is 0 Å². The maximum Gasteiger partial charge on any atom is 0.306 e. The van der Waals surface area contributed by atoms with E-state index in [2.05, 4.69) is 6.58 Å². The van der Waals surface area contributed by atoms with Crippen LogP contribution >= 0.6 is 0 Å². The number of carbonyl (C=O) groups is 2. The molecule has 0 bridgehead atoms. The van der Waals surface area contributed by atoms with Gasteiger partial charge in [-0.1, -0.05) is 19.4 Å². The van der Waals surface area contributed by atoms with Crippen molar-refractivity contribution in [3.63, 3.8) is 0 Å². The Hall–Kier alpha value is -1.32. The Kier molecular flexibility index (Phi) is 4.61. The maximum absolute atomic E-state index is 11.5. The minimum Gasteiger partial charge on any atom is -0.481 e. The van der Waals surface area contributed by atoms with Crippen LogP contribution in [0.2, 0.25) is 0 Å². The SMILES string of the molecule is C=CC(=O)N1CCC(C2CCCCC2C(=O)O)CC1. The van der Waals surface area contributed by atoms with Crippen molar-refractivity contribution in [2.24, 2.45) is 17.8 Å². The Balaban J connectivity index is 1.94. The smallest absolute Gasteiger partial charge is 0.306 e. The Morgan fingerprint density at radius 2 is 1.74 bits per heavy atom. The summed E-state index contributed by atoms with van der Waals surface area (Å²) in [7, 11) is 0. The van der Waals surface area contributed by atoms with Gasteiger partial charge < -0.3 is 10.0 Å². The lowest BCUT2D eigenvalue weighted by molar-refractivity contribution is -0.146. The number of aliphatic carboxylic acids is 1. The van der Waals surface area contributed by atoms with Gasteiger partial charge in [0.25, 0.3) is 0 Å². The van der Waals surface area contributed by atoms with Crippen LogP contribution in [0, 0.1) is 17.8 Å². The zero-order chi connectivity index (χ0) is 13.8. The van der Waals surface area contributed by atoms with Gasteiger partial charge in [-0.15, -0.1) is 0 Å². The minimum absolute atomic E-state index is 0.00289. The number of hydrogen-bond acceptors (Lipinski definition) is 2. The Morgan fingerprint density at radius 1 is 1.11 bits per heavy atom. The Bertz CT molecular complexity index is 358. The number of rotatable bonds is 3. The normalized spacial score (nSPS) is 28.9. The predicted octanol–water partition coefficient (Wildman–Crippen LogP) is 2.30. The summed E-state index contributed by atoms with van der Waals surface area (Å²) >= 11 is 0. The molecule has 1 aliphatic heterocycles. The summed E-state index contributed by atoms with van der Waals surface area (Å²) in [4.78, 5) is 24.7. The molecule has 2 rings (SSSR count). The van der Waals surface area contributed by atoms with Gasteiger partial charge in [-0.25, -0.2) is 0 Å². The van der Waals surface area contributed by atoms with E-state index >= 15 is 0 Å². The van der Waals surface area contributed by atoms with E-state index in [9.17, 15) is 14.7 Å². The molecule has 0 aromatic heterocycles. The Labute approximate surface area is 114 Å².